The standard InChI is InChI=1S/C13H26N2O/c1-10-4-11(2)8-15(7-10)13(9-14)5-12(6-13)16-3/h10-12H,4-9,14H2,1-3H3. The first-order chi connectivity index (χ1) is 7.59. The molecule has 0 radical (unpaired) electrons. The summed E-state index contributed by atoms with van der Waals surface area (Å²) in [6, 6.07) is 0. The van der Waals surface area contributed by atoms with Gasteiger partial charge in [-0.1, -0.05) is 13.8 Å². The van der Waals surface area contributed by atoms with Crippen LogP contribution in [0.5, 0.6) is 0 Å². The van der Waals surface area contributed by atoms with Gasteiger partial charge in [0.25, 0.3) is 0 Å². The molecule has 2 fully saturated rings. The highest BCUT2D eigenvalue weighted by atomic mass is 16.5. The van der Waals surface area contributed by atoms with E-state index in [1.54, 1.807) is 0 Å². The zero-order valence-electron chi connectivity index (χ0n) is 10.9. The molecular formula is C13H26N2O. The molecule has 2 rings (SSSR count). The third-order valence-electron chi connectivity index (χ3n) is 4.47. The minimum Gasteiger partial charge on any atom is -0.381 e. The average molecular weight is 226 g/mol. The van der Waals surface area contributed by atoms with Crippen LogP contribution in [0.4, 0.5) is 0 Å². The molecule has 0 aromatic rings. The minimum absolute atomic E-state index is 0.254. The number of hydrogen-bond donors (Lipinski definition) is 1. The lowest BCUT2D eigenvalue weighted by atomic mass is 9.71. The van der Waals surface area contributed by atoms with Crippen molar-refractivity contribution in [3.05, 3.63) is 0 Å². The predicted molar refractivity (Wildman–Crippen MR) is 66.3 cm³/mol. The monoisotopic (exact) mass is 226 g/mol. The molecule has 0 bridgehead atoms. The fourth-order valence-corrected chi connectivity index (χ4v) is 3.56. The number of rotatable bonds is 3. The van der Waals surface area contributed by atoms with E-state index in [1.807, 2.05) is 7.11 Å². The summed E-state index contributed by atoms with van der Waals surface area (Å²) in [5, 5.41) is 0. The van der Waals surface area contributed by atoms with Gasteiger partial charge < -0.3 is 10.5 Å². The normalized spacial score (nSPS) is 45.4. The summed E-state index contributed by atoms with van der Waals surface area (Å²) in [6.45, 7) is 7.95. The van der Waals surface area contributed by atoms with Crippen molar-refractivity contribution in [3.8, 4) is 0 Å². The quantitative estimate of drug-likeness (QED) is 0.792. The molecule has 1 heterocycles. The van der Waals surface area contributed by atoms with Crippen LogP contribution >= 0.6 is 0 Å². The highest BCUT2D eigenvalue weighted by Gasteiger charge is 2.49. The molecule has 2 N–H and O–H groups in total. The smallest absolute Gasteiger partial charge is 0.0607 e. The van der Waals surface area contributed by atoms with Gasteiger partial charge in [-0.05, 0) is 31.1 Å². The molecule has 3 nitrogen and oxygen atoms in total. The summed E-state index contributed by atoms with van der Waals surface area (Å²) < 4.78 is 5.41. The lowest BCUT2D eigenvalue weighted by Gasteiger charge is -2.56. The Morgan fingerprint density at radius 2 is 1.81 bits per heavy atom. The Morgan fingerprint density at radius 3 is 2.25 bits per heavy atom. The van der Waals surface area contributed by atoms with Crippen LogP contribution in [0.15, 0.2) is 0 Å². The van der Waals surface area contributed by atoms with Crippen molar-refractivity contribution < 1.29 is 4.74 Å². The number of hydrogen-bond acceptors (Lipinski definition) is 3. The van der Waals surface area contributed by atoms with Crippen LogP contribution in [0.3, 0.4) is 0 Å². The Morgan fingerprint density at radius 1 is 1.25 bits per heavy atom. The van der Waals surface area contributed by atoms with E-state index in [-0.39, 0.29) is 5.54 Å². The van der Waals surface area contributed by atoms with Crippen molar-refractivity contribution in [1.29, 1.82) is 0 Å². The molecule has 1 aliphatic heterocycles. The van der Waals surface area contributed by atoms with Gasteiger partial charge in [-0.3, -0.25) is 4.90 Å². The zero-order chi connectivity index (χ0) is 11.8. The minimum atomic E-state index is 0.254. The zero-order valence-corrected chi connectivity index (χ0v) is 10.9. The van der Waals surface area contributed by atoms with Gasteiger partial charge in [0.1, 0.15) is 0 Å². The lowest BCUT2D eigenvalue weighted by molar-refractivity contribution is -0.104. The molecule has 0 aromatic heterocycles. The summed E-state index contributed by atoms with van der Waals surface area (Å²) in [5.74, 6) is 1.63. The third kappa shape index (κ3) is 2.13. The fourth-order valence-electron chi connectivity index (χ4n) is 3.56. The first-order valence-electron chi connectivity index (χ1n) is 6.57. The summed E-state index contributed by atoms with van der Waals surface area (Å²) in [7, 11) is 1.81. The van der Waals surface area contributed by atoms with Crippen LogP contribution in [-0.2, 0) is 4.74 Å². The number of likely N-dealkylation sites (tertiary alicyclic amines) is 1. The molecule has 0 spiro atoms. The van der Waals surface area contributed by atoms with Crippen molar-refractivity contribution in [3.63, 3.8) is 0 Å². The average Bonchev–Trinajstić information content (AvgIpc) is 2.16. The van der Waals surface area contributed by atoms with Crippen molar-refractivity contribution in [2.75, 3.05) is 26.7 Å². The van der Waals surface area contributed by atoms with Crippen LogP contribution in [0, 0.1) is 11.8 Å². The summed E-state index contributed by atoms with van der Waals surface area (Å²) in [4.78, 5) is 2.64. The number of nitrogens with zero attached hydrogens (tertiary/aromatic N) is 1. The highest BCUT2D eigenvalue weighted by molar-refractivity contribution is 5.05. The summed E-state index contributed by atoms with van der Waals surface area (Å²) >= 11 is 0. The number of ether oxygens (including phenoxy) is 1. The third-order valence-corrected chi connectivity index (χ3v) is 4.47. The molecule has 1 saturated heterocycles. The molecule has 3 heteroatoms. The van der Waals surface area contributed by atoms with Crippen LogP contribution < -0.4 is 5.73 Å². The van der Waals surface area contributed by atoms with Gasteiger partial charge in [0.2, 0.25) is 0 Å². The Hall–Kier alpha value is -0.120. The van der Waals surface area contributed by atoms with Crippen LogP contribution in [0.1, 0.15) is 33.1 Å². The summed E-state index contributed by atoms with van der Waals surface area (Å²) in [6.07, 6.45) is 4.06. The van der Waals surface area contributed by atoms with E-state index in [0.717, 1.165) is 31.2 Å². The van der Waals surface area contributed by atoms with E-state index in [4.69, 9.17) is 10.5 Å². The van der Waals surface area contributed by atoms with E-state index >= 15 is 0 Å². The highest BCUT2D eigenvalue weighted by Crippen LogP contribution is 2.41. The SMILES string of the molecule is COC1CC(CN)(N2CC(C)CC(C)C2)C1. The molecule has 0 aromatic carbocycles. The summed E-state index contributed by atoms with van der Waals surface area (Å²) in [5.41, 5.74) is 6.26. The molecule has 16 heavy (non-hydrogen) atoms. The number of nitrogens with two attached hydrogens (primary N) is 1. The van der Waals surface area contributed by atoms with Crippen LogP contribution in [0.2, 0.25) is 0 Å². The van der Waals surface area contributed by atoms with Crippen molar-refractivity contribution >= 4 is 0 Å². The Balaban J connectivity index is 1.99. The number of methoxy groups -OCH3 is 1. The predicted octanol–water partition coefficient (Wildman–Crippen LogP) is 1.47. The van der Waals surface area contributed by atoms with Crippen LogP contribution in [-0.4, -0.2) is 43.3 Å². The van der Waals surface area contributed by atoms with E-state index in [2.05, 4.69) is 18.7 Å². The Kier molecular flexibility index (Phi) is 3.57. The van der Waals surface area contributed by atoms with Gasteiger partial charge in [-0.15, -0.1) is 0 Å². The maximum absolute atomic E-state index is 6.01. The molecule has 0 amide bonds. The Bertz CT molecular complexity index is 228. The molecule has 2 unspecified atom stereocenters. The lowest BCUT2D eigenvalue weighted by Crippen LogP contribution is -2.66. The topological polar surface area (TPSA) is 38.5 Å². The van der Waals surface area contributed by atoms with Gasteiger partial charge in [0, 0.05) is 32.3 Å². The van der Waals surface area contributed by atoms with Crippen molar-refractivity contribution in [2.24, 2.45) is 17.6 Å². The first-order valence-corrected chi connectivity index (χ1v) is 6.57. The van der Waals surface area contributed by atoms with Crippen molar-refractivity contribution in [2.45, 2.75) is 44.8 Å². The van der Waals surface area contributed by atoms with Gasteiger partial charge in [-0.25, -0.2) is 0 Å². The molecule has 94 valence electrons. The number of piperidine rings is 1. The van der Waals surface area contributed by atoms with E-state index in [9.17, 15) is 0 Å². The molecule has 1 aliphatic carbocycles. The van der Waals surface area contributed by atoms with Crippen LogP contribution in [0.25, 0.3) is 0 Å². The first kappa shape index (κ1) is 12.3. The second kappa shape index (κ2) is 4.63. The van der Waals surface area contributed by atoms with Gasteiger partial charge in [0.05, 0.1) is 6.10 Å². The molecule has 2 aliphatic rings. The molecule has 2 atom stereocenters. The van der Waals surface area contributed by atoms with Gasteiger partial charge in [0.15, 0.2) is 0 Å². The molecular weight excluding hydrogens is 200 g/mol. The largest absolute Gasteiger partial charge is 0.381 e. The Labute approximate surface area is 99.3 Å². The second-order valence-electron chi connectivity index (χ2n) is 6.05. The maximum Gasteiger partial charge on any atom is 0.0607 e. The van der Waals surface area contributed by atoms with Gasteiger partial charge in [-0.2, -0.15) is 0 Å². The van der Waals surface area contributed by atoms with Gasteiger partial charge >= 0.3 is 0 Å². The maximum atomic E-state index is 6.01. The molecule has 1 saturated carbocycles. The van der Waals surface area contributed by atoms with Crippen molar-refractivity contribution in [1.82, 2.24) is 4.90 Å². The van der Waals surface area contributed by atoms with E-state index < -0.39 is 0 Å². The fraction of sp³-hybridized carbons (Fsp3) is 1.00. The van der Waals surface area contributed by atoms with E-state index in [1.165, 1.54) is 19.5 Å². The van der Waals surface area contributed by atoms with E-state index in [0.29, 0.717) is 6.10 Å². The second-order valence-corrected chi connectivity index (χ2v) is 6.05.